The van der Waals surface area contributed by atoms with Gasteiger partial charge in [0.15, 0.2) is 0 Å². The summed E-state index contributed by atoms with van der Waals surface area (Å²) in [6.07, 6.45) is -2.63. The molecule has 1 aliphatic rings. The van der Waals surface area contributed by atoms with Gasteiger partial charge in [-0.05, 0) is 18.2 Å². The van der Waals surface area contributed by atoms with Crippen molar-refractivity contribution in [3.63, 3.8) is 0 Å². The Morgan fingerprint density at radius 2 is 2.19 bits per heavy atom. The van der Waals surface area contributed by atoms with Crippen LogP contribution >= 0.6 is 0 Å². The molecule has 0 unspecified atom stereocenters. The summed E-state index contributed by atoms with van der Waals surface area (Å²) in [5.74, 6) is 0. The first-order chi connectivity index (χ1) is 7.50. The molecule has 88 valence electrons. The fourth-order valence-electron chi connectivity index (χ4n) is 1.91. The molecule has 0 amide bonds. The standard InChI is InChI=1S/C11H13F3N2/c1-2-16-4-3-10-8(7-16)5-9(6-15-10)11(12,13)14/h5-6H,2-4,7H2,1H3. The lowest BCUT2D eigenvalue weighted by atomic mass is 10.0. The summed E-state index contributed by atoms with van der Waals surface area (Å²) in [7, 11) is 0. The Morgan fingerprint density at radius 3 is 2.81 bits per heavy atom. The largest absolute Gasteiger partial charge is 0.417 e. The molecular weight excluding hydrogens is 217 g/mol. The lowest BCUT2D eigenvalue weighted by Gasteiger charge is -2.27. The third-order valence-electron chi connectivity index (χ3n) is 2.89. The molecule has 1 aromatic heterocycles. The number of aromatic nitrogens is 1. The summed E-state index contributed by atoms with van der Waals surface area (Å²) in [6.45, 7) is 4.31. The maximum Gasteiger partial charge on any atom is 0.417 e. The number of fused-ring (bicyclic) bond motifs is 1. The number of hydrogen-bond donors (Lipinski definition) is 0. The van der Waals surface area contributed by atoms with E-state index >= 15 is 0 Å². The van der Waals surface area contributed by atoms with Gasteiger partial charge in [0, 0.05) is 31.4 Å². The zero-order valence-corrected chi connectivity index (χ0v) is 9.01. The Balaban J connectivity index is 2.31. The number of nitrogens with zero attached hydrogens (tertiary/aromatic N) is 2. The fraction of sp³-hybridized carbons (Fsp3) is 0.545. The van der Waals surface area contributed by atoms with Crippen molar-refractivity contribution in [2.45, 2.75) is 26.1 Å². The molecule has 0 N–H and O–H groups in total. The summed E-state index contributed by atoms with van der Waals surface area (Å²) < 4.78 is 37.4. The molecule has 0 radical (unpaired) electrons. The number of pyridine rings is 1. The maximum atomic E-state index is 12.5. The van der Waals surface area contributed by atoms with E-state index in [1.807, 2.05) is 6.92 Å². The Morgan fingerprint density at radius 1 is 1.44 bits per heavy atom. The van der Waals surface area contributed by atoms with Crippen LogP contribution in [0.3, 0.4) is 0 Å². The Hall–Kier alpha value is -1.10. The van der Waals surface area contributed by atoms with E-state index in [1.165, 1.54) is 6.07 Å². The fourth-order valence-corrected chi connectivity index (χ4v) is 1.91. The maximum absolute atomic E-state index is 12.5. The van der Waals surface area contributed by atoms with Gasteiger partial charge in [-0.2, -0.15) is 13.2 Å². The van der Waals surface area contributed by atoms with E-state index in [1.54, 1.807) is 0 Å². The van der Waals surface area contributed by atoms with Crippen molar-refractivity contribution in [2.75, 3.05) is 13.1 Å². The minimum atomic E-state index is -4.30. The average Bonchev–Trinajstić information content (AvgIpc) is 2.26. The minimum absolute atomic E-state index is 0.572. The van der Waals surface area contributed by atoms with Crippen molar-refractivity contribution in [3.05, 3.63) is 29.1 Å². The predicted octanol–water partition coefficient (Wildman–Crippen LogP) is 2.48. The summed E-state index contributed by atoms with van der Waals surface area (Å²) >= 11 is 0. The minimum Gasteiger partial charge on any atom is -0.299 e. The summed E-state index contributed by atoms with van der Waals surface area (Å²) in [5, 5.41) is 0. The van der Waals surface area contributed by atoms with E-state index < -0.39 is 11.7 Å². The molecule has 0 bridgehead atoms. The second kappa shape index (κ2) is 4.05. The van der Waals surface area contributed by atoms with Crippen molar-refractivity contribution in [2.24, 2.45) is 0 Å². The average molecular weight is 230 g/mol. The van der Waals surface area contributed by atoms with Gasteiger partial charge in [0.1, 0.15) is 0 Å². The van der Waals surface area contributed by atoms with Gasteiger partial charge in [0.05, 0.1) is 5.56 Å². The number of alkyl halides is 3. The number of likely N-dealkylation sites (N-methyl/N-ethyl adjacent to an activating group) is 1. The van der Waals surface area contributed by atoms with Gasteiger partial charge in [-0.25, -0.2) is 0 Å². The molecule has 2 heterocycles. The Bertz CT molecular complexity index is 387. The van der Waals surface area contributed by atoms with Gasteiger partial charge in [-0.15, -0.1) is 0 Å². The van der Waals surface area contributed by atoms with Gasteiger partial charge in [0.2, 0.25) is 0 Å². The number of halogens is 3. The third kappa shape index (κ3) is 2.19. The second-order valence-corrected chi connectivity index (χ2v) is 3.95. The van der Waals surface area contributed by atoms with Crippen LogP contribution in [0.5, 0.6) is 0 Å². The van der Waals surface area contributed by atoms with Gasteiger partial charge in [-0.3, -0.25) is 9.88 Å². The van der Waals surface area contributed by atoms with E-state index in [9.17, 15) is 13.2 Å². The molecular formula is C11H13F3N2. The first kappa shape index (κ1) is 11.4. The number of rotatable bonds is 1. The van der Waals surface area contributed by atoms with Crippen molar-refractivity contribution >= 4 is 0 Å². The van der Waals surface area contributed by atoms with Crippen molar-refractivity contribution in [3.8, 4) is 0 Å². The number of hydrogen-bond acceptors (Lipinski definition) is 2. The zero-order chi connectivity index (χ0) is 11.8. The van der Waals surface area contributed by atoms with Gasteiger partial charge >= 0.3 is 6.18 Å². The third-order valence-corrected chi connectivity index (χ3v) is 2.89. The van der Waals surface area contributed by atoms with Crippen LogP contribution in [0.1, 0.15) is 23.7 Å². The first-order valence-corrected chi connectivity index (χ1v) is 5.28. The van der Waals surface area contributed by atoms with Crippen molar-refractivity contribution in [1.29, 1.82) is 0 Å². The summed E-state index contributed by atoms with van der Waals surface area (Å²) in [6, 6.07) is 1.23. The quantitative estimate of drug-likeness (QED) is 0.736. The molecule has 2 nitrogen and oxygen atoms in total. The highest BCUT2D eigenvalue weighted by Crippen LogP contribution is 2.30. The van der Waals surface area contributed by atoms with E-state index in [2.05, 4.69) is 9.88 Å². The molecule has 0 saturated heterocycles. The van der Waals surface area contributed by atoms with Gasteiger partial charge < -0.3 is 0 Å². The van der Waals surface area contributed by atoms with Crippen LogP contribution in [0.25, 0.3) is 0 Å². The lowest BCUT2D eigenvalue weighted by Crippen LogP contribution is -2.31. The van der Waals surface area contributed by atoms with Crippen LogP contribution in [-0.4, -0.2) is 23.0 Å². The van der Waals surface area contributed by atoms with Gasteiger partial charge in [-0.1, -0.05) is 6.92 Å². The highest BCUT2D eigenvalue weighted by molar-refractivity contribution is 5.28. The highest BCUT2D eigenvalue weighted by Gasteiger charge is 2.32. The molecule has 5 heteroatoms. The van der Waals surface area contributed by atoms with Crippen LogP contribution in [0.4, 0.5) is 13.2 Å². The topological polar surface area (TPSA) is 16.1 Å². The van der Waals surface area contributed by atoms with Crippen molar-refractivity contribution in [1.82, 2.24) is 9.88 Å². The molecule has 0 aromatic carbocycles. The summed E-state index contributed by atoms with van der Waals surface area (Å²) in [5.41, 5.74) is 0.866. The molecule has 0 atom stereocenters. The molecule has 1 aliphatic heterocycles. The zero-order valence-electron chi connectivity index (χ0n) is 9.01. The van der Waals surface area contributed by atoms with E-state index in [0.29, 0.717) is 12.1 Å². The van der Waals surface area contributed by atoms with Gasteiger partial charge in [0.25, 0.3) is 0 Å². The van der Waals surface area contributed by atoms with Crippen LogP contribution in [-0.2, 0) is 19.1 Å². The molecule has 2 rings (SSSR count). The molecule has 1 aromatic rings. The van der Waals surface area contributed by atoms with Crippen LogP contribution < -0.4 is 0 Å². The van der Waals surface area contributed by atoms with Crippen LogP contribution in [0, 0.1) is 0 Å². The Kier molecular flexibility index (Phi) is 2.88. The molecule has 0 fully saturated rings. The normalized spacial score (nSPS) is 17.2. The summed E-state index contributed by atoms with van der Waals surface area (Å²) in [4.78, 5) is 6.02. The first-order valence-electron chi connectivity index (χ1n) is 5.28. The molecule has 0 spiro atoms. The van der Waals surface area contributed by atoms with E-state index in [4.69, 9.17) is 0 Å². The molecule has 16 heavy (non-hydrogen) atoms. The lowest BCUT2D eigenvalue weighted by molar-refractivity contribution is -0.137. The Labute approximate surface area is 92.1 Å². The molecule has 0 aliphatic carbocycles. The van der Waals surface area contributed by atoms with E-state index in [-0.39, 0.29) is 0 Å². The smallest absolute Gasteiger partial charge is 0.299 e. The SMILES string of the molecule is CCN1CCc2ncc(C(F)(F)F)cc2C1. The highest BCUT2D eigenvalue weighted by atomic mass is 19.4. The van der Waals surface area contributed by atoms with Crippen LogP contribution in [0.2, 0.25) is 0 Å². The van der Waals surface area contributed by atoms with Crippen LogP contribution in [0.15, 0.2) is 12.3 Å². The van der Waals surface area contributed by atoms with Crippen molar-refractivity contribution < 1.29 is 13.2 Å². The monoisotopic (exact) mass is 230 g/mol. The van der Waals surface area contributed by atoms with E-state index in [0.717, 1.165) is 31.4 Å². The molecule has 0 saturated carbocycles. The second-order valence-electron chi connectivity index (χ2n) is 3.95. The predicted molar refractivity (Wildman–Crippen MR) is 53.9 cm³/mol.